The lowest BCUT2D eigenvalue weighted by atomic mass is 10.4. The number of aromatic carboxylic acids is 1. The van der Waals surface area contributed by atoms with Crippen molar-refractivity contribution < 1.29 is 9.90 Å². The molecule has 2 aromatic heterocycles. The summed E-state index contributed by atoms with van der Waals surface area (Å²) in [7, 11) is 0. The Kier molecular flexibility index (Phi) is 4.38. The van der Waals surface area contributed by atoms with Crippen molar-refractivity contribution in [1.29, 1.82) is 0 Å². The molecule has 0 bridgehead atoms. The number of nitrogens with zero attached hydrogens (tertiary/aromatic N) is 4. The van der Waals surface area contributed by atoms with Crippen molar-refractivity contribution in [3.63, 3.8) is 0 Å². The van der Waals surface area contributed by atoms with Crippen LogP contribution in [-0.4, -0.2) is 31.0 Å². The van der Waals surface area contributed by atoms with Crippen molar-refractivity contribution in [2.75, 3.05) is 0 Å². The third-order valence-electron chi connectivity index (χ3n) is 1.28. The Morgan fingerprint density at radius 1 is 1.07 bits per heavy atom. The van der Waals surface area contributed by atoms with Crippen molar-refractivity contribution in [1.82, 2.24) is 19.9 Å². The normalized spacial score (nSPS) is 8.53. The third kappa shape index (κ3) is 4.41. The highest BCUT2D eigenvalue weighted by Crippen LogP contribution is 1.90. The van der Waals surface area contributed by atoms with Gasteiger partial charge in [-0.05, 0) is 12.1 Å². The van der Waals surface area contributed by atoms with Crippen LogP contribution < -0.4 is 0 Å². The van der Waals surface area contributed by atoms with E-state index in [1.165, 1.54) is 31.2 Å². The Hall–Kier alpha value is -2.37. The summed E-state index contributed by atoms with van der Waals surface area (Å²) in [4.78, 5) is 24.4. The molecule has 0 aliphatic carbocycles. The van der Waals surface area contributed by atoms with E-state index >= 15 is 0 Å². The van der Waals surface area contributed by atoms with E-state index in [9.17, 15) is 4.79 Å². The van der Waals surface area contributed by atoms with Crippen LogP contribution in [0.5, 0.6) is 0 Å². The first kappa shape index (κ1) is 10.7. The lowest BCUT2D eigenvalue weighted by molar-refractivity contribution is 0.0690. The Bertz CT molecular complexity index is 367. The van der Waals surface area contributed by atoms with Gasteiger partial charge in [-0.1, -0.05) is 6.07 Å². The minimum Gasteiger partial charge on any atom is -0.477 e. The van der Waals surface area contributed by atoms with Crippen molar-refractivity contribution in [2.45, 2.75) is 0 Å². The van der Waals surface area contributed by atoms with Crippen molar-refractivity contribution in [3.05, 3.63) is 49.1 Å². The van der Waals surface area contributed by atoms with Crippen molar-refractivity contribution in [2.24, 2.45) is 0 Å². The maximum atomic E-state index is 10.1. The maximum Gasteiger partial charge on any atom is 0.354 e. The van der Waals surface area contributed by atoms with Gasteiger partial charge in [0.2, 0.25) is 0 Å². The number of pyridine rings is 1. The summed E-state index contributed by atoms with van der Waals surface area (Å²) < 4.78 is 0. The molecule has 0 amide bonds. The van der Waals surface area contributed by atoms with E-state index in [0.717, 1.165) is 0 Å². The van der Waals surface area contributed by atoms with Gasteiger partial charge in [-0.2, -0.15) is 0 Å². The number of aromatic nitrogens is 4. The molecule has 6 nitrogen and oxygen atoms in total. The Morgan fingerprint density at radius 3 is 1.93 bits per heavy atom. The number of carboxylic acid groups (broad SMARTS) is 1. The summed E-state index contributed by atoms with van der Waals surface area (Å²) in [5, 5.41) is 8.32. The molecule has 0 radical (unpaired) electrons. The molecular weight excluding hydrogens is 196 g/mol. The van der Waals surface area contributed by atoms with Gasteiger partial charge in [0.05, 0.1) is 0 Å². The fourth-order valence-electron chi connectivity index (χ4n) is 0.694. The molecule has 76 valence electrons. The van der Waals surface area contributed by atoms with E-state index in [0.29, 0.717) is 0 Å². The quantitative estimate of drug-likeness (QED) is 0.733. The highest BCUT2D eigenvalue weighted by Gasteiger charge is 1.98. The van der Waals surface area contributed by atoms with Crippen LogP contribution in [0.2, 0.25) is 0 Å². The first-order valence-electron chi connectivity index (χ1n) is 4.00. The van der Waals surface area contributed by atoms with Crippen LogP contribution in [0, 0.1) is 0 Å². The van der Waals surface area contributed by atoms with Crippen LogP contribution in [0.1, 0.15) is 10.5 Å². The average molecular weight is 204 g/mol. The van der Waals surface area contributed by atoms with E-state index in [4.69, 9.17) is 5.11 Å². The molecule has 2 rings (SSSR count). The Labute approximate surface area is 85.7 Å². The SMILES string of the molecule is O=C(O)c1ccccn1.c1ncncn1. The second-order valence-electron chi connectivity index (χ2n) is 2.31. The molecule has 0 fully saturated rings. The molecule has 2 heterocycles. The van der Waals surface area contributed by atoms with Gasteiger partial charge in [0.25, 0.3) is 0 Å². The molecular formula is C9H8N4O2. The van der Waals surface area contributed by atoms with Gasteiger partial charge in [0.15, 0.2) is 0 Å². The maximum absolute atomic E-state index is 10.1. The first-order valence-corrected chi connectivity index (χ1v) is 4.00. The zero-order valence-corrected chi connectivity index (χ0v) is 7.69. The summed E-state index contributed by atoms with van der Waals surface area (Å²) in [5.74, 6) is -0.990. The molecule has 0 unspecified atom stereocenters. The highest BCUT2D eigenvalue weighted by atomic mass is 16.4. The predicted octanol–water partition coefficient (Wildman–Crippen LogP) is 0.651. The molecule has 0 saturated carbocycles. The topological polar surface area (TPSA) is 88.9 Å². The average Bonchev–Trinajstić information content (AvgIpc) is 2.33. The van der Waals surface area contributed by atoms with Crippen molar-refractivity contribution in [3.8, 4) is 0 Å². The molecule has 0 spiro atoms. The van der Waals surface area contributed by atoms with Crippen LogP contribution in [0.3, 0.4) is 0 Å². The van der Waals surface area contributed by atoms with E-state index in [1.54, 1.807) is 12.1 Å². The molecule has 0 saturated heterocycles. The van der Waals surface area contributed by atoms with Crippen molar-refractivity contribution >= 4 is 5.97 Å². The van der Waals surface area contributed by atoms with Crippen LogP contribution in [0.25, 0.3) is 0 Å². The minimum absolute atomic E-state index is 0.0810. The minimum atomic E-state index is -0.990. The second kappa shape index (κ2) is 6.14. The summed E-state index contributed by atoms with van der Waals surface area (Å²) in [6, 6.07) is 4.76. The molecule has 2 aromatic rings. The summed E-state index contributed by atoms with van der Waals surface area (Å²) in [5.41, 5.74) is 0.0810. The van der Waals surface area contributed by atoms with Crippen LogP contribution in [-0.2, 0) is 0 Å². The number of carbonyl (C=O) groups is 1. The van der Waals surface area contributed by atoms with Gasteiger partial charge in [-0.3, -0.25) is 0 Å². The lowest BCUT2D eigenvalue weighted by Crippen LogP contribution is -1.97. The number of hydrogen-bond donors (Lipinski definition) is 1. The second-order valence-corrected chi connectivity index (χ2v) is 2.31. The largest absolute Gasteiger partial charge is 0.477 e. The zero-order valence-electron chi connectivity index (χ0n) is 7.69. The predicted molar refractivity (Wildman–Crippen MR) is 51.0 cm³/mol. The summed E-state index contributed by atoms with van der Waals surface area (Å²) in [6.07, 6.45) is 5.76. The number of carboxylic acids is 1. The molecule has 0 atom stereocenters. The fraction of sp³-hybridized carbons (Fsp3) is 0. The third-order valence-corrected chi connectivity index (χ3v) is 1.28. The van der Waals surface area contributed by atoms with Gasteiger partial charge >= 0.3 is 5.97 Å². The lowest BCUT2D eigenvalue weighted by Gasteiger charge is -1.87. The smallest absolute Gasteiger partial charge is 0.354 e. The van der Waals surface area contributed by atoms with E-state index < -0.39 is 5.97 Å². The highest BCUT2D eigenvalue weighted by molar-refractivity contribution is 5.85. The molecule has 15 heavy (non-hydrogen) atoms. The Morgan fingerprint density at radius 2 is 1.67 bits per heavy atom. The molecule has 0 aliphatic heterocycles. The van der Waals surface area contributed by atoms with Gasteiger partial charge in [0, 0.05) is 6.20 Å². The fourth-order valence-corrected chi connectivity index (χ4v) is 0.694. The van der Waals surface area contributed by atoms with E-state index in [2.05, 4.69) is 19.9 Å². The molecule has 0 aliphatic rings. The molecule has 6 heteroatoms. The van der Waals surface area contributed by atoms with Gasteiger partial charge in [-0.25, -0.2) is 24.7 Å². The number of rotatable bonds is 1. The van der Waals surface area contributed by atoms with Gasteiger partial charge in [-0.15, -0.1) is 0 Å². The van der Waals surface area contributed by atoms with Crippen LogP contribution in [0.4, 0.5) is 0 Å². The van der Waals surface area contributed by atoms with Crippen LogP contribution in [0.15, 0.2) is 43.4 Å². The van der Waals surface area contributed by atoms with Gasteiger partial charge in [0.1, 0.15) is 24.7 Å². The van der Waals surface area contributed by atoms with Crippen LogP contribution >= 0.6 is 0 Å². The molecule has 0 aromatic carbocycles. The number of hydrogen-bond acceptors (Lipinski definition) is 5. The van der Waals surface area contributed by atoms with E-state index in [1.807, 2.05) is 0 Å². The Balaban J connectivity index is 0.000000162. The summed E-state index contributed by atoms with van der Waals surface area (Å²) >= 11 is 0. The van der Waals surface area contributed by atoms with E-state index in [-0.39, 0.29) is 5.69 Å². The zero-order chi connectivity index (χ0) is 10.9. The first-order chi connectivity index (χ1) is 7.30. The molecule has 1 N–H and O–H groups in total. The summed E-state index contributed by atoms with van der Waals surface area (Å²) in [6.45, 7) is 0. The van der Waals surface area contributed by atoms with Gasteiger partial charge < -0.3 is 5.11 Å². The standard InChI is InChI=1S/C6H5NO2.C3H3N3/c8-6(9)5-3-1-2-4-7-5;1-4-2-6-3-5-1/h1-4H,(H,8,9);1-3H. The monoisotopic (exact) mass is 204 g/mol.